The zero-order chi connectivity index (χ0) is 13.5. The molecule has 0 heterocycles. The van der Waals surface area contributed by atoms with Crippen molar-refractivity contribution in [2.24, 2.45) is 11.1 Å². The number of benzene rings is 1. The predicted molar refractivity (Wildman–Crippen MR) is 68.9 cm³/mol. The van der Waals surface area contributed by atoms with Crippen molar-refractivity contribution in [1.29, 1.82) is 0 Å². The smallest absolute Gasteiger partial charge is 0.312 e. The Morgan fingerprint density at radius 3 is 2.72 bits per heavy atom. The summed E-state index contributed by atoms with van der Waals surface area (Å²) in [4.78, 5) is 10.4. The van der Waals surface area contributed by atoms with Crippen LogP contribution in [-0.4, -0.2) is 17.1 Å². The van der Waals surface area contributed by atoms with E-state index in [9.17, 15) is 10.1 Å². The number of nitrogens with zero attached hydrogens (tertiary/aromatic N) is 1. The van der Waals surface area contributed by atoms with E-state index >= 15 is 0 Å². The number of nitro groups is 1. The second-order valence-corrected chi connectivity index (χ2v) is 5.58. The molecule has 5 nitrogen and oxygen atoms in total. The van der Waals surface area contributed by atoms with Gasteiger partial charge in [-0.2, -0.15) is 0 Å². The molecule has 98 valence electrons. The van der Waals surface area contributed by atoms with Crippen molar-refractivity contribution >= 4 is 17.3 Å². The SMILES string of the molecule is CC1(C)C(N)CC1Oc1ccc(Cl)cc1[N+](=O)[O-]. The van der Waals surface area contributed by atoms with Gasteiger partial charge in [-0.1, -0.05) is 25.4 Å². The number of hydrogen-bond acceptors (Lipinski definition) is 4. The van der Waals surface area contributed by atoms with Crippen molar-refractivity contribution in [2.75, 3.05) is 0 Å². The van der Waals surface area contributed by atoms with Crippen molar-refractivity contribution < 1.29 is 9.66 Å². The molecule has 1 aromatic carbocycles. The Labute approximate surface area is 110 Å². The lowest BCUT2D eigenvalue weighted by Gasteiger charge is -2.49. The van der Waals surface area contributed by atoms with Crippen molar-refractivity contribution in [3.05, 3.63) is 33.3 Å². The Bertz CT molecular complexity index is 490. The summed E-state index contributed by atoms with van der Waals surface area (Å²) in [6.45, 7) is 3.99. The van der Waals surface area contributed by atoms with Gasteiger partial charge in [-0.05, 0) is 12.1 Å². The summed E-state index contributed by atoms with van der Waals surface area (Å²) in [6.07, 6.45) is 0.597. The van der Waals surface area contributed by atoms with Crippen molar-refractivity contribution in [3.63, 3.8) is 0 Å². The van der Waals surface area contributed by atoms with Gasteiger partial charge in [-0.25, -0.2) is 0 Å². The van der Waals surface area contributed by atoms with Crippen LogP contribution in [0.3, 0.4) is 0 Å². The van der Waals surface area contributed by atoms with Crippen LogP contribution in [0.2, 0.25) is 5.02 Å². The predicted octanol–water partition coefficient (Wildman–Crippen LogP) is 2.75. The molecule has 18 heavy (non-hydrogen) atoms. The van der Waals surface area contributed by atoms with Crippen molar-refractivity contribution in [1.82, 2.24) is 0 Å². The summed E-state index contributed by atoms with van der Waals surface area (Å²) in [5.41, 5.74) is 5.60. The first-order valence-electron chi connectivity index (χ1n) is 5.68. The molecule has 1 aliphatic carbocycles. The fourth-order valence-corrected chi connectivity index (χ4v) is 2.17. The second kappa shape index (κ2) is 4.40. The summed E-state index contributed by atoms with van der Waals surface area (Å²) in [7, 11) is 0. The van der Waals surface area contributed by atoms with E-state index in [0.29, 0.717) is 11.4 Å². The van der Waals surface area contributed by atoms with E-state index in [0.717, 1.165) is 0 Å². The third-order valence-corrected chi connectivity index (χ3v) is 3.88. The van der Waals surface area contributed by atoms with Crippen LogP contribution in [0.5, 0.6) is 5.75 Å². The molecule has 0 aliphatic heterocycles. The minimum atomic E-state index is -0.493. The first-order valence-corrected chi connectivity index (χ1v) is 6.06. The molecule has 6 heteroatoms. The molecule has 2 unspecified atom stereocenters. The van der Waals surface area contributed by atoms with Gasteiger partial charge in [0.2, 0.25) is 0 Å². The molecule has 0 bridgehead atoms. The van der Waals surface area contributed by atoms with E-state index in [2.05, 4.69) is 0 Å². The van der Waals surface area contributed by atoms with Crippen molar-refractivity contribution in [2.45, 2.75) is 32.4 Å². The van der Waals surface area contributed by atoms with E-state index in [1.165, 1.54) is 12.1 Å². The Balaban J connectivity index is 2.23. The van der Waals surface area contributed by atoms with E-state index in [1.54, 1.807) is 6.07 Å². The zero-order valence-corrected chi connectivity index (χ0v) is 11.0. The summed E-state index contributed by atoms with van der Waals surface area (Å²) in [6, 6.07) is 4.46. The monoisotopic (exact) mass is 270 g/mol. The second-order valence-electron chi connectivity index (χ2n) is 5.14. The Kier molecular flexibility index (Phi) is 3.21. The highest BCUT2D eigenvalue weighted by atomic mass is 35.5. The van der Waals surface area contributed by atoms with Crippen LogP contribution < -0.4 is 10.5 Å². The van der Waals surface area contributed by atoms with Crippen LogP contribution in [0.4, 0.5) is 5.69 Å². The molecule has 1 aliphatic rings. The van der Waals surface area contributed by atoms with Crippen LogP contribution in [0.1, 0.15) is 20.3 Å². The summed E-state index contributed by atoms with van der Waals surface area (Å²) >= 11 is 5.74. The number of rotatable bonds is 3. The van der Waals surface area contributed by atoms with Crippen molar-refractivity contribution in [3.8, 4) is 5.75 Å². The van der Waals surface area contributed by atoms with Crippen LogP contribution in [0, 0.1) is 15.5 Å². The fraction of sp³-hybridized carbons (Fsp3) is 0.500. The van der Waals surface area contributed by atoms with Crippen LogP contribution in [0.25, 0.3) is 0 Å². The molecule has 1 saturated carbocycles. The number of nitro benzene ring substituents is 1. The van der Waals surface area contributed by atoms with E-state index in [1.807, 2.05) is 13.8 Å². The molecule has 0 amide bonds. The molecule has 0 saturated heterocycles. The lowest BCUT2D eigenvalue weighted by Crippen LogP contribution is -2.60. The number of nitrogens with two attached hydrogens (primary N) is 1. The molecule has 0 spiro atoms. The molecule has 2 atom stereocenters. The highest BCUT2D eigenvalue weighted by Crippen LogP contribution is 2.43. The van der Waals surface area contributed by atoms with Crippen LogP contribution >= 0.6 is 11.6 Å². The maximum Gasteiger partial charge on any atom is 0.312 e. The maximum absolute atomic E-state index is 10.9. The average molecular weight is 271 g/mol. The largest absolute Gasteiger partial charge is 0.483 e. The minimum absolute atomic E-state index is 0.0638. The molecule has 1 fully saturated rings. The average Bonchev–Trinajstić information content (AvgIpc) is 2.30. The van der Waals surface area contributed by atoms with E-state index < -0.39 is 4.92 Å². The van der Waals surface area contributed by atoms with Gasteiger partial charge in [0.15, 0.2) is 5.75 Å². The fourth-order valence-electron chi connectivity index (χ4n) is 2.00. The minimum Gasteiger partial charge on any atom is -0.483 e. The Morgan fingerprint density at radius 1 is 1.56 bits per heavy atom. The standard InChI is InChI=1S/C12H15ClN2O3/c1-12(2)10(14)6-11(12)18-9-4-3-7(13)5-8(9)15(16)17/h3-5,10-11H,6,14H2,1-2H3. The van der Waals surface area contributed by atoms with Gasteiger partial charge in [-0.3, -0.25) is 10.1 Å². The van der Waals surface area contributed by atoms with Gasteiger partial charge in [0.1, 0.15) is 6.10 Å². The van der Waals surface area contributed by atoms with E-state index in [4.69, 9.17) is 22.1 Å². The molecule has 1 aromatic rings. The summed E-state index contributed by atoms with van der Waals surface area (Å²) < 4.78 is 5.70. The third-order valence-electron chi connectivity index (χ3n) is 3.64. The normalized spacial score (nSPS) is 25.3. The molecule has 0 aromatic heterocycles. The Hall–Kier alpha value is -1.33. The van der Waals surface area contributed by atoms with E-state index in [-0.39, 0.29) is 29.0 Å². The first-order chi connectivity index (χ1) is 8.32. The van der Waals surface area contributed by atoms with Gasteiger partial charge in [0.25, 0.3) is 0 Å². The molecular formula is C12H15ClN2O3. The topological polar surface area (TPSA) is 78.4 Å². The lowest BCUT2D eigenvalue weighted by molar-refractivity contribution is -0.386. The van der Waals surface area contributed by atoms with Gasteiger partial charge >= 0.3 is 5.69 Å². The van der Waals surface area contributed by atoms with Crippen LogP contribution in [-0.2, 0) is 0 Å². The van der Waals surface area contributed by atoms with Gasteiger partial charge in [0.05, 0.1) is 4.92 Å². The number of ether oxygens (including phenoxy) is 1. The number of hydrogen-bond donors (Lipinski definition) is 1. The highest BCUT2D eigenvalue weighted by Gasteiger charge is 2.48. The number of halogens is 1. The van der Waals surface area contributed by atoms with Gasteiger partial charge < -0.3 is 10.5 Å². The lowest BCUT2D eigenvalue weighted by atomic mass is 9.65. The third kappa shape index (κ3) is 2.15. The van der Waals surface area contributed by atoms with Crippen LogP contribution in [0.15, 0.2) is 18.2 Å². The Morgan fingerprint density at radius 2 is 2.22 bits per heavy atom. The zero-order valence-electron chi connectivity index (χ0n) is 10.2. The molecule has 2 N–H and O–H groups in total. The molecule has 0 radical (unpaired) electrons. The van der Waals surface area contributed by atoms with Gasteiger partial charge in [-0.15, -0.1) is 0 Å². The molecule has 2 rings (SSSR count). The quantitative estimate of drug-likeness (QED) is 0.677. The summed E-state index contributed by atoms with van der Waals surface area (Å²) in [5.74, 6) is 0.245. The first kappa shape index (κ1) is 13.1. The summed E-state index contributed by atoms with van der Waals surface area (Å²) in [5, 5.41) is 11.2. The maximum atomic E-state index is 10.9. The molecular weight excluding hydrogens is 256 g/mol. The highest BCUT2D eigenvalue weighted by molar-refractivity contribution is 6.30. The van der Waals surface area contributed by atoms with Gasteiger partial charge in [0, 0.05) is 29.0 Å².